The lowest BCUT2D eigenvalue weighted by atomic mass is 9.98. The predicted molar refractivity (Wildman–Crippen MR) is 70.3 cm³/mol. The average molecular weight is 248 g/mol. The van der Waals surface area contributed by atoms with Crippen molar-refractivity contribution in [3.05, 3.63) is 23.8 Å². The molecule has 0 bridgehead atoms. The summed E-state index contributed by atoms with van der Waals surface area (Å²) in [7, 11) is 0. The fourth-order valence-electron chi connectivity index (χ4n) is 2.80. The first kappa shape index (κ1) is 11.8. The number of rotatable bonds is 3. The second-order valence-electron chi connectivity index (χ2n) is 4.98. The number of hydrogen-bond acceptors (Lipinski definition) is 4. The van der Waals surface area contributed by atoms with Crippen LogP contribution in [0.4, 0.5) is 0 Å². The van der Waals surface area contributed by atoms with Gasteiger partial charge in [-0.3, -0.25) is 0 Å². The standard InChI is InChI=1S/C14H20N2O2/c15-4-6-16-5-3-12(10-16)11-1-2-13-14(9-11)18-8-7-17-13/h1-2,9,12H,3-8,10,15H2. The van der Waals surface area contributed by atoms with Gasteiger partial charge in [0.05, 0.1) is 0 Å². The summed E-state index contributed by atoms with van der Waals surface area (Å²) in [5.41, 5.74) is 6.97. The highest BCUT2D eigenvalue weighted by atomic mass is 16.6. The van der Waals surface area contributed by atoms with Crippen LogP contribution >= 0.6 is 0 Å². The number of nitrogens with zero attached hydrogens (tertiary/aromatic N) is 1. The minimum absolute atomic E-state index is 0.604. The summed E-state index contributed by atoms with van der Waals surface area (Å²) < 4.78 is 11.2. The molecule has 1 fully saturated rings. The van der Waals surface area contributed by atoms with Gasteiger partial charge in [-0.25, -0.2) is 0 Å². The summed E-state index contributed by atoms with van der Waals surface area (Å²) in [4.78, 5) is 2.43. The molecule has 1 saturated heterocycles. The third-order valence-corrected chi connectivity index (χ3v) is 3.76. The van der Waals surface area contributed by atoms with Gasteiger partial charge in [-0.05, 0) is 36.6 Å². The van der Waals surface area contributed by atoms with Crippen LogP contribution in [0, 0.1) is 0 Å². The summed E-state index contributed by atoms with van der Waals surface area (Å²) in [6.07, 6.45) is 1.21. The van der Waals surface area contributed by atoms with Crippen molar-refractivity contribution in [3.63, 3.8) is 0 Å². The Morgan fingerprint density at radius 1 is 1.22 bits per heavy atom. The molecular formula is C14H20N2O2. The first-order chi connectivity index (χ1) is 8.86. The summed E-state index contributed by atoms with van der Waals surface area (Å²) in [5, 5.41) is 0. The van der Waals surface area contributed by atoms with E-state index in [1.54, 1.807) is 0 Å². The highest BCUT2D eigenvalue weighted by Crippen LogP contribution is 2.35. The zero-order chi connectivity index (χ0) is 12.4. The van der Waals surface area contributed by atoms with Gasteiger partial charge >= 0.3 is 0 Å². The second kappa shape index (κ2) is 5.16. The molecule has 98 valence electrons. The Labute approximate surface area is 108 Å². The largest absolute Gasteiger partial charge is 0.486 e. The minimum Gasteiger partial charge on any atom is -0.486 e. The van der Waals surface area contributed by atoms with Crippen LogP contribution in [-0.2, 0) is 0 Å². The number of nitrogens with two attached hydrogens (primary N) is 1. The van der Waals surface area contributed by atoms with E-state index in [1.165, 1.54) is 12.0 Å². The number of likely N-dealkylation sites (tertiary alicyclic amines) is 1. The first-order valence-corrected chi connectivity index (χ1v) is 6.69. The number of ether oxygens (including phenoxy) is 2. The van der Waals surface area contributed by atoms with Crippen molar-refractivity contribution in [2.45, 2.75) is 12.3 Å². The molecule has 2 heterocycles. The van der Waals surface area contributed by atoms with Gasteiger partial charge in [-0.1, -0.05) is 6.07 Å². The molecule has 0 saturated carbocycles. The van der Waals surface area contributed by atoms with Gasteiger partial charge in [0, 0.05) is 19.6 Å². The predicted octanol–water partition coefficient (Wildman–Crippen LogP) is 1.21. The van der Waals surface area contributed by atoms with Gasteiger partial charge in [0.1, 0.15) is 13.2 Å². The zero-order valence-corrected chi connectivity index (χ0v) is 10.6. The Kier molecular flexibility index (Phi) is 3.39. The topological polar surface area (TPSA) is 47.7 Å². The van der Waals surface area contributed by atoms with Gasteiger partial charge < -0.3 is 20.1 Å². The van der Waals surface area contributed by atoms with E-state index in [0.717, 1.165) is 37.7 Å². The zero-order valence-electron chi connectivity index (χ0n) is 10.6. The highest BCUT2D eigenvalue weighted by Gasteiger charge is 2.24. The molecule has 0 aliphatic carbocycles. The van der Waals surface area contributed by atoms with Crippen LogP contribution in [-0.4, -0.2) is 44.3 Å². The summed E-state index contributed by atoms with van der Waals surface area (Å²) in [6.45, 7) is 5.31. The molecule has 3 rings (SSSR count). The molecule has 0 spiro atoms. The van der Waals surface area contributed by atoms with E-state index >= 15 is 0 Å². The molecule has 4 nitrogen and oxygen atoms in total. The van der Waals surface area contributed by atoms with Gasteiger partial charge in [0.15, 0.2) is 11.5 Å². The Bertz CT molecular complexity index is 422. The van der Waals surface area contributed by atoms with Crippen molar-refractivity contribution in [2.24, 2.45) is 5.73 Å². The monoisotopic (exact) mass is 248 g/mol. The highest BCUT2D eigenvalue weighted by molar-refractivity contribution is 5.45. The molecule has 0 aromatic heterocycles. The molecule has 0 amide bonds. The van der Waals surface area contributed by atoms with Crippen molar-refractivity contribution >= 4 is 0 Å². The Balaban J connectivity index is 1.73. The SMILES string of the molecule is NCCN1CCC(c2ccc3c(c2)OCCO3)C1. The van der Waals surface area contributed by atoms with Crippen molar-refractivity contribution < 1.29 is 9.47 Å². The summed E-state index contributed by atoms with van der Waals surface area (Å²) in [5.74, 6) is 2.38. The molecule has 2 aliphatic heterocycles. The second-order valence-corrected chi connectivity index (χ2v) is 4.98. The maximum atomic E-state index is 5.64. The van der Waals surface area contributed by atoms with E-state index in [9.17, 15) is 0 Å². The lowest BCUT2D eigenvalue weighted by Gasteiger charge is -2.20. The van der Waals surface area contributed by atoms with Crippen molar-refractivity contribution in [1.82, 2.24) is 4.90 Å². The minimum atomic E-state index is 0.604. The maximum absolute atomic E-state index is 5.64. The fourth-order valence-corrected chi connectivity index (χ4v) is 2.80. The van der Waals surface area contributed by atoms with E-state index in [1.807, 2.05) is 6.07 Å². The number of hydrogen-bond donors (Lipinski definition) is 1. The summed E-state index contributed by atoms with van der Waals surface area (Å²) in [6, 6.07) is 6.35. The molecule has 1 unspecified atom stereocenters. The molecule has 2 aliphatic rings. The van der Waals surface area contributed by atoms with Crippen LogP contribution in [0.25, 0.3) is 0 Å². The van der Waals surface area contributed by atoms with Crippen LogP contribution in [0.15, 0.2) is 18.2 Å². The maximum Gasteiger partial charge on any atom is 0.161 e. The van der Waals surface area contributed by atoms with Crippen molar-refractivity contribution in [1.29, 1.82) is 0 Å². The van der Waals surface area contributed by atoms with Crippen molar-refractivity contribution in [2.75, 3.05) is 39.4 Å². The fraction of sp³-hybridized carbons (Fsp3) is 0.571. The third-order valence-electron chi connectivity index (χ3n) is 3.76. The summed E-state index contributed by atoms with van der Waals surface area (Å²) >= 11 is 0. The smallest absolute Gasteiger partial charge is 0.161 e. The normalized spacial score (nSPS) is 23.3. The van der Waals surface area contributed by atoms with Gasteiger partial charge in [0.25, 0.3) is 0 Å². The van der Waals surface area contributed by atoms with E-state index in [0.29, 0.717) is 19.1 Å². The first-order valence-electron chi connectivity index (χ1n) is 6.69. The van der Waals surface area contributed by atoms with E-state index in [2.05, 4.69) is 17.0 Å². The molecule has 1 atom stereocenters. The quantitative estimate of drug-likeness (QED) is 0.873. The molecule has 0 radical (unpaired) electrons. The Hall–Kier alpha value is -1.26. The third kappa shape index (κ3) is 2.31. The van der Waals surface area contributed by atoms with Crippen LogP contribution in [0.1, 0.15) is 17.9 Å². The lowest BCUT2D eigenvalue weighted by molar-refractivity contribution is 0.171. The van der Waals surface area contributed by atoms with Gasteiger partial charge in [-0.15, -0.1) is 0 Å². The van der Waals surface area contributed by atoms with E-state index in [-0.39, 0.29) is 0 Å². The molecular weight excluding hydrogens is 228 g/mol. The van der Waals surface area contributed by atoms with Crippen LogP contribution in [0.3, 0.4) is 0 Å². The molecule has 2 N–H and O–H groups in total. The van der Waals surface area contributed by atoms with Crippen LogP contribution in [0.2, 0.25) is 0 Å². The average Bonchev–Trinajstić information content (AvgIpc) is 2.87. The lowest BCUT2D eigenvalue weighted by Crippen LogP contribution is -2.27. The number of fused-ring (bicyclic) bond motifs is 1. The van der Waals surface area contributed by atoms with Crippen molar-refractivity contribution in [3.8, 4) is 11.5 Å². The van der Waals surface area contributed by atoms with E-state index in [4.69, 9.17) is 15.2 Å². The Morgan fingerprint density at radius 2 is 2.06 bits per heavy atom. The van der Waals surface area contributed by atoms with E-state index < -0.39 is 0 Å². The van der Waals surface area contributed by atoms with Gasteiger partial charge in [-0.2, -0.15) is 0 Å². The molecule has 1 aromatic rings. The molecule has 4 heteroatoms. The van der Waals surface area contributed by atoms with Gasteiger partial charge in [0.2, 0.25) is 0 Å². The van der Waals surface area contributed by atoms with Crippen LogP contribution in [0.5, 0.6) is 11.5 Å². The van der Waals surface area contributed by atoms with Crippen LogP contribution < -0.4 is 15.2 Å². The molecule has 18 heavy (non-hydrogen) atoms. The Morgan fingerprint density at radius 3 is 2.89 bits per heavy atom. The number of benzene rings is 1. The molecule has 1 aromatic carbocycles.